The average Bonchev–Trinajstić information content (AvgIpc) is 2.51. The summed E-state index contributed by atoms with van der Waals surface area (Å²) in [6.45, 7) is 3.33. The minimum absolute atomic E-state index is 0.113. The number of amides is 3. The lowest BCUT2D eigenvalue weighted by Crippen LogP contribution is -2.68. The second-order valence-corrected chi connectivity index (χ2v) is 5.38. The molecule has 0 aromatic heterocycles. The third-order valence-electron chi connectivity index (χ3n) is 4.07. The largest absolute Gasteiger partial charge is 0.466 e. The molecule has 118 valence electrons. The summed E-state index contributed by atoms with van der Waals surface area (Å²) in [6.07, 6.45) is 0.238. The molecule has 0 spiro atoms. The number of rotatable bonds is 2. The van der Waals surface area contributed by atoms with Gasteiger partial charge in [0, 0.05) is 14.1 Å². The zero-order valence-corrected chi connectivity index (χ0v) is 12.8. The van der Waals surface area contributed by atoms with Gasteiger partial charge in [-0.3, -0.25) is 19.4 Å². The molecule has 0 aliphatic carbocycles. The Balaban J connectivity index is 2.57. The first-order valence-electron chi connectivity index (χ1n) is 6.79. The van der Waals surface area contributed by atoms with Gasteiger partial charge in [-0.05, 0) is 19.9 Å². The van der Waals surface area contributed by atoms with Crippen molar-refractivity contribution in [1.82, 2.24) is 9.80 Å². The van der Waals surface area contributed by atoms with Crippen LogP contribution in [0.3, 0.4) is 0 Å². The van der Waals surface area contributed by atoms with Crippen LogP contribution in [-0.2, 0) is 19.1 Å². The monoisotopic (exact) mass is 307 g/mol. The first-order chi connectivity index (χ1) is 10.3. The number of urea groups is 1. The van der Waals surface area contributed by atoms with Crippen molar-refractivity contribution in [2.45, 2.75) is 20.1 Å². The van der Waals surface area contributed by atoms with E-state index in [2.05, 4.69) is 0 Å². The summed E-state index contributed by atoms with van der Waals surface area (Å²) in [4.78, 5) is 39.1. The molecule has 22 heavy (non-hydrogen) atoms. The Labute approximate surface area is 127 Å². The molecule has 0 radical (unpaired) electrons. The summed E-state index contributed by atoms with van der Waals surface area (Å²) >= 11 is 0. The van der Waals surface area contributed by atoms with E-state index >= 15 is 0 Å². The van der Waals surface area contributed by atoms with Crippen molar-refractivity contribution in [2.24, 2.45) is 11.3 Å². The van der Waals surface area contributed by atoms with Gasteiger partial charge in [0.2, 0.25) is 5.91 Å². The molecule has 2 aliphatic rings. The zero-order chi connectivity index (χ0) is 16.7. The average molecular weight is 307 g/mol. The number of allylic oxidation sites excluding steroid dienone is 1. The number of nitriles is 1. The van der Waals surface area contributed by atoms with E-state index in [-0.39, 0.29) is 12.4 Å². The Morgan fingerprint density at radius 2 is 2.14 bits per heavy atom. The van der Waals surface area contributed by atoms with Crippen LogP contribution in [0.25, 0.3) is 0 Å². The lowest BCUT2D eigenvalue weighted by molar-refractivity contribution is -0.183. The summed E-state index contributed by atoms with van der Waals surface area (Å²) < 4.78 is 10.5. The molecule has 0 aromatic carbocycles. The molecule has 0 bridgehead atoms. The number of esters is 1. The van der Waals surface area contributed by atoms with Crippen LogP contribution in [0.2, 0.25) is 0 Å². The Bertz CT molecular complexity index is 608. The third kappa shape index (κ3) is 2.01. The van der Waals surface area contributed by atoms with Gasteiger partial charge in [0.1, 0.15) is 11.5 Å². The highest BCUT2D eigenvalue weighted by Crippen LogP contribution is 2.45. The maximum absolute atomic E-state index is 12.6. The summed E-state index contributed by atoms with van der Waals surface area (Å²) in [5.74, 6) is -2.30. The lowest BCUT2D eigenvalue weighted by atomic mass is 9.71. The SMILES string of the molecule is CCOC(=O)[C@H]1C=C(C#N)O[C@H]2N(C)C(=O)N(C)C(=O)[C@]12C. The quantitative estimate of drug-likeness (QED) is 0.687. The number of hydrogen-bond acceptors (Lipinski definition) is 6. The second kappa shape index (κ2) is 5.33. The van der Waals surface area contributed by atoms with Crippen molar-refractivity contribution in [3.63, 3.8) is 0 Å². The predicted octanol–water partition coefficient (Wildman–Crippen LogP) is 0.460. The van der Waals surface area contributed by atoms with E-state index in [1.54, 1.807) is 6.92 Å². The van der Waals surface area contributed by atoms with Crippen LogP contribution in [0.5, 0.6) is 0 Å². The standard InChI is InChI=1S/C14H17N3O5/c1-5-21-10(18)9-6-8(7-15)22-12-14(9,2)11(19)16(3)13(20)17(12)4/h6,9,12H,5H2,1-4H3/t9-,12-,14+/m1/s1. The molecule has 3 amide bonds. The fourth-order valence-electron chi connectivity index (χ4n) is 2.87. The van der Waals surface area contributed by atoms with E-state index in [1.165, 1.54) is 32.0 Å². The topological polar surface area (TPSA) is 99.9 Å². The van der Waals surface area contributed by atoms with Gasteiger partial charge in [-0.1, -0.05) is 0 Å². The van der Waals surface area contributed by atoms with Crippen molar-refractivity contribution in [3.8, 4) is 6.07 Å². The van der Waals surface area contributed by atoms with Gasteiger partial charge in [0.25, 0.3) is 0 Å². The van der Waals surface area contributed by atoms with E-state index in [9.17, 15) is 14.4 Å². The first-order valence-corrected chi connectivity index (χ1v) is 6.79. The van der Waals surface area contributed by atoms with Crippen molar-refractivity contribution in [3.05, 3.63) is 11.8 Å². The normalized spacial score (nSPS) is 31.0. The first kappa shape index (κ1) is 15.8. The molecule has 2 aliphatic heterocycles. The minimum atomic E-state index is -1.36. The van der Waals surface area contributed by atoms with Gasteiger partial charge in [-0.2, -0.15) is 5.26 Å². The molecule has 0 unspecified atom stereocenters. The van der Waals surface area contributed by atoms with Crippen LogP contribution >= 0.6 is 0 Å². The summed E-state index contributed by atoms with van der Waals surface area (Å²) in [5, 5.41) is 9.07. The van der Waals surface area contributed by atoms with Crippen molar-refractivity contribution in [1.29, 1.82) is 5.26 Å². The molecule has 3 atom stereocenters. The Morgan fingerprint density at radius 3 is 2.68 bits per heavy atom. The van der Waals surface area contributed by atoms with E-state index in [0.717, 1.165) is 4.90 Å². The fourth-order valence-corrected chi connectivity index (χ4v) is 2.87. The van der Waals surface area contributed by atoms with Crippen LogP contribution < -0.4 is 0 Å². The van der Waals surface area contributed by atoms with Gasteiger partial charge in [-0.15, -0.1) is 0 Å². The van der Waals surface area contributed by atoms with Gasteiger partial charge < -0.3 is 9.47 Å². The maximum Gasteiger partial charge on any atom is 0.329 e. The van der Waals surface area contributed by atoms with Gasteiger partial charge >= 0.3 is 12.0 Å². The van der Waals surface area contributed by atoms with Crippen LogP contribution in [-0.4, -0.2) is 54.6 Å². The maximum atomic E-state index is 12.6. The van der Waals surface area contributed by atoms with Crippen LogP contribution in [0.4, 0.5) is 4.79 Å². The van der Waals surface area contributed by atoms with Crippen LogP contribution in [0.1, 0.15) is 13.8 Å². The highest BCUT2D eigenvalue weighted by atomic mass is 16.5. The lowest BCUT2D eigenvalue weighted by Gasteiger charge is -2.50. The number of hydrogen-bond donors (Lipinski definition) is 0. The van der Waals surface area contributed by atoms with E-state index < -0.39 is 35.5 Å². The molecule has 8 nitrogen and oxygen atoms in total. The molecular weight excluding hydrogens is 290 g/mol. The zero-order valence-electron chi connectivity index (χ0n) is 12.8. The number of carbonyl (C=O) groups is 3. The molecule has 0 aromatic rings. The predicted molar refractivity (Wildman–Crippen MR) is 72.7 cm³/mol. The molecule has 2 rings (SSSR count). The smallest absolute Gasteiger partial charge is 0.329 e. The van der Waals surface area contributed by atoms with Gasteiger partial charge in [0.15, 0.2) is 12.0 Å². The summed E-state index contributed by atoms with van der Waals surface area (Å²) in [7, 11) is 2.80. The third-order valence-corrected chi connectivity index (χ3v) is 4.07. The Kier molecular flexibility index (Phi) is 3.83. The Morgan fingerprint density at radius 1 is 1.50 bits per heavy atom. The number of fused-ring (bicyclic) bond motifs is 1. The number of carbonyl (C=O) groups excluding carboxylic acids is 3. The summed E-state index contributed by atoms with van der Waals surface area (Å²) in [6, 6.07) is 1.25. The molecular formula is C14H17N3O5. The van der Waals surface area contributed by atoms with Crippen molar-refractivity contribution < 1.29 is 23.9 Å². The van der Waals surface area contributed by atoms with Crippen LogP contribution in [0, 0.1) is 22.7 Å². The molecule has 0 N–H and O–H groups in total. The van der Waals surface area contributed by atoms with Gasteiger partial charge in [-0.25, -0.2) is 4.79 Å². The summed E-state index contributed by atoms with van der Waals surface area (Å²) in [5.41, 5.74) is -1.36. The van der Waals surface area contributed by atoms with Crippen LogP contribution in [0.15, 0.2) is 11.8 Å². The second-order valence-electron chi connectivity index (χ2n) is 5.38. The fraction of sp³-hybridized carbons (Fsp3) is 0.571. The number of ether oxygens (including phenoxy) is 2. The highest BCUT2D eigenvalue weighted by molar-refractivity contribution is 6.02. The molecule has 1 saturated heterocycles. The number of nitrogens with zero attached hydrogens (tertiary/aromatic N) is 3. The van der Waals surface area contributed by atoms with Crippen molar-refractivity contribution >= 4 is 17.9 Å². The molecule has 2 heterocycles. The Hall–Kier alpha value is -2.56. The number of imide groups is 1. The van der Waals surface area contributed by atoms with Gasteiger partial charge in [0.05, 0.1) is 12.5 Å². The minimum Gasteiger partial charge on any atom is -0.466 e. The van der Waals surface area contributed by atoms with E-state index in [1.807, 2.05) is 6.07 Å². The van der Waals surface area contributed by atoms with E-state index in [4.69, 9.17) is 14.7 Å². The molecule has 8 heteroatoms. The highest BCUT2D eigenvalue weighted by Gasteiger charge is 2.62. The van der Waals surface area contributed by atoms with Crippen molar-refractivity contribution in [2.75, 3.05) is 20.7 Å². The van der Waals surface area contributed by atoms with E-state index in [0.29, 0.717) is 0 Å². The molecule has 0 saturated carbocycles. The molecule has 1 fully saturated rings.